The zero-order valence-corrected chi connectivity index (χ0v) is 12.2. The molecule has 2 heterocycles. The summed E-state index contributed by atoms with van der Waals surface area (Å²) in [5.41, 5.74) is 2.35. The lowest BCUT2D eigenvalue weighted by Crippen LogP contribution is -2.35. The minimum absolute atomic E-state index is 0.0939. The van der Waals surface area contributed by atoms with Gasteiger partial charge in [0.2, 0.25) is 5.89 Å². The predicted molar refractivity (Wildman–Crippen MR) is 75.8 cm³/mol. The smallest absolute Gasteiger partial charge is 0.236 e. The topological polar surface area (TPSA) is 38.1 Å². The van der Waals surface area contributed by atoms with Crippen molar-refractivity contribution in [3.05, 3.63) is 29.0 Å². The molecule has 2 aromatic rings. The molecule has 2 rings (SSSR count). The van der Waals surface area contributed by atoms with Crippen LogP contribution < -0.4 is 5.32 Å². The average Bonchev–Trinajstić information content (AvgIpc) is 2.93. The number of aromatic nitrogens is 1. The standard InChI is InChI=1S/C14H20N2OS/c1-5-10-6-7-18-12(10)13-16-11(9-17-13)8-15-14(2,3)4/h6-7,9,15H,5,8H2,1-4H3. The van der Waals surface area contributed by atoms with Crippen LogP contribution in [-0.4, -0.2) is 10.5 Å². The fourth-order valence-corrected chi connectivity index (χ4v) is 2.58. The zero-order valence-electron chi connectivity index (χ0n) is 11.4. The highest BCUT2D eigenvalue weighted by Gasteiger charge is 2.14. The molecule has 0 aromatic carbocycles. The third-order valence-electron chi connectivity index (χ3n) is 2.67. The van der Waals surface area contributed by atoms with Crippen LogP contribution in [0.15, 0.2) is 22.1 Å². The first-order valence-electron chi connectivity index (χ1n) is 6.26. The van der Waals surface area contributed by atoms with Crippen LogP contribution in [0.25, 0.3) is 10.8 Å². The van der Waals surface area contributed by atoms with Gasteiger partial charge in [-0.2, -0.15) is 0 Å². The molecule has 0 saturated carbocycles. The van der Waals surface area contributed by atoms with Crippen molar-refractivity contribution in [2.75, 3.05) is 0 Å². The second kappa shape index (κ2) is 5.24. The molecule has 0 aliphatic carbocycles. The van der Waals surface area contributed by atoms with E-state index in [0.29, 0.717) is 0 Å². The maximum absolute atomic E-state index is 5.58. The van der Waals surface area contributed by atoms with Gasteiger partial charge < -0.3 is 9.73 Å². The van der Waals surface area contributed by atoms with E-state index < -0.39 is 0 Å². The molecule has 2 aromatic heterocycles. The van der Waals surface area contributed by atoms with E-state index in [0.717, 1.165) is 29.4 Å². The summed E-state index contributed by atoms with van der Waals surface area (Å²) < 4.78 is 5.58. The van der Waals surface area contributed by atoms with Crippen molar-refractivity contribution < 1.29 is 4.42 Å². The molecule has 0 aliphatic rings. The molecule has 0 bridgehead atoms. The molecule has 0 atom stereocenters. The van der Waals surface area contributed by atoms with E-state index >= 15 is 0 Å². The van der Waals surface area contributed by atoms with E-state index in [4.69, 9.17) is 4.42 Å². The summed E-state index contributed by atoms with van der Waals surface area (Å²) in [6.45, 7) is 9.31. The van der Waals surface area contributed by atoms with Gasteiger partial charge in [-0.25, -0.2) is 4.98 Å². The number of nitrogens with one attached hydrogen (secondary N) is 1. The van der Waals surface area contributed by atoms with E-state index in [-0.39, 0.29) is 5.54 Å². The van der Waals surface area contributed by atoms with Gasteiger partial charge in [0.25, 0.3) is 0 Å². The number of hydrogen-bond donors (Lipinski definition) is 1. The molecule has 98 valence electrons. The molecular weight excluding hydrogens is 244 g/mol. The van der Waals surface area contributed by atoms with Crippen LogP contribution in [-0.2, 0) is 13.0 Å². The first-order valence-corrected chi connectivity index (χ1v) is 7.13. The maximum Gasteiger partial charge on any atom is 0.236 e. The second-order valence-corrected chi connectivity index (χ2v) is 6.29. The highest BCUT2D eigenvalue weighted by molar-refractivity contribution is 7.13. The number of aryl methyl sites for hydroxylation is 1. The van der Waals surface area contributed by atoms with Crippen LogP contribution >= 0.6 is 11.3 Å². The fraction of sp³-hybridized carbons (Fsp3) is 0.500. The molecular formula is C14H20N2OS. The first-order chi connectivity index (χ1) is 8.49. The molecule has 4 heteroatoms. The summed E-state index contributed by atoms with van der Waals surface area (Å²) in [6.07, 6.45) is 2.75. The molecule has 0 radical (unpaired) electrons. The third kappa shape index (κ3) is 3.21. The van der Waals surface area contributed by atoms with Crippen molar-refractivity contribution in [2.24, 2.45) is 0 Å². The molecule has 0 unspecified atom stereocenters. The minimum Gasteiger partial charge on any atom is -0.444 e. The number of nitrogens with zero attached hydrogens (tertiary/aromatic N) is 1. The van der Waals surface area contributed by atoms with Crippen LogP contribution in [0.5, 0.6) is 0 Å². The van der Waals surface area contributed by atoms with Gasteiger partial charge in [0.05, 0.1) is 10.6 Å². The van der Waals surface area contributed by atoms with Crippen LogP contribution in [0.2, 0.25) is 0 Å². The monoisotopic (exact) mass is 264 g/mol. The summed E-state index contributed by atoms with van der Waals surface area (Å²) in [5.74, 6) is 0.743. The van der Waals surface area contributed by atoms with E-state index in [1.165, 1.54) is 5.56 Å². The molecule has 0 amide bonds. The van der Waals surface area contributed by atoms with Crippen molar-refractivity contribution in [3.8, 4) is 10.8 Å². The van der Waals surface area contributed by atoms with Crippen LogP contribution in [0, 0.1) is 0 Å². The lowest BCUT2D eigenvalue weighted by molar-refractivity contribution is 0.421. The molecule has 18 heavy (non-hydrogen) atoms. The maximum atomic E-state index is 5.58. The SMILES string of the molecule is CCc1ccsc1-c1nc(CNC(C)(C)C)co1. The highest BCUT2D eigenvalue weighted by atomic mass is 32.1. The van der Waals surface area contributed by atoms with Gasteiger partial charge in [0.15, 0.2) is 0 Å². The summed E-state index contributed by atoms with van der Waals surface area (Å²) in [6, 6.07) is 2.14. The normalized spacial score (nSPS) is 12.0. The van der Waals surface area contributed by atoms with Crippen molar-refractivity contribution in [1.29, 1.82) is 0 Å². The fourth-order valence-electron chi connectivity index (χ4n) is 1.65. The summed E-state index contributed by atoms with van der Waals surface area (Å²) in [4.78, 5) is 5.70. The van der Waals surface area contributed by atoms with Gasteiger partial charge in [-0.3, -0.25) is 0 Å². The number of rotatable bonds is 4. The largest absolute Gasteiger partial charge is 0.444 e. The second-order valence-electron chi connectivity index (χ2n) is 5.38. The van der Waals surface area contributed by atoms with Gasteiger partial charge in [0.1, 0.15) is 6.26 Å². The Hall–Kier alpha value is -1.13. The number of oxazole rings is 1. The molecule has 0 spiro atoms. The van der Waals surface area contributed by atoms with Gasteiger partial charge in [-0.05, 0) is 44.2 Å². The van der Waals surface area contributed by atoms with Gasteiger partial charge in [-0.15, -0.1) is 11.3 Å². The quantitative estimate of drug-likeness (QED) is 0.911. The molecule has 1 N–H and O–H groups in total. The lowest BCUT2D eigenvalue weighted by Gasteiger charge is -2.19. The van der Waals surface area contributed by atoms with Crippen molar-refractivity contribution in [2.45, 2.75) is 46.2 Å². The number of hydrogen-bond acceptors (Lipinski definition) is 4. The Bertz CT molecular complexity index is 508. The lowest BCUT2D eigenvalue weighted by atomic mass is 10.1. The Morgan fingerprint density at radius 3 is 2.83 bits per heavy atom. The van der Waals surface area contributed by atoms with Gasteiger partial charge in [0, 0.05) is 12.1 Å². The summed E-state index contributed by atoms with van der Waals surface area (Å²) in [5, 5.41) is 5.50. The number of thiophene rings is 1. The minimum atomic E-state index is 0.0939. The zero-order chi connectivity index (χ0) is 13.2. The third-order valence-corrected chi connectivity index (χ3v) is 3.62. The van der Waals surface area contributed by atoms with E-state index in [1.807, 2.05) is 0 Å². The molecule has 0 aliphatic heterocycles. The Labute approximate surface area is 112 Å². The van der Waals surface area contributed by atoms with Crippen molar-refractivity contribution in [3.63, 3.8) is 0 Å². The van der Waals surface area contributed by atoms with Crippen LogP contribution in [0.4, 0.5) is 0 Å². The van der Waals surface area contributed by atoms with E-state index in [1.54, 1.807) is 17.6 Å². The van der Waals surface area contributed by atoms with Gasteiger partial charge >= 0.3 is 0 Å². The van der Waals surface area contributed by atoms with Crippen LogP contribution in [0.3, 0.4) is 0 Å². The summed E-state index contributed by atoms with van der Waals surface area (Å²) in [7, 11) is 0. The summed E-state index contributed by atoms with van der Waals surface area (Å²) >= 11 is 1.69. The Kier molecular flexibility index (Phi) is 3.88. The Morgan fingerprint density at radius 2 is 2.17 bits per heavy atom. The predicted octanol–water partition coefficient (Wildman–Crippen LogP) is 3.85. The molecule has 0 fully saturated rings. The molecule has 3 nitrogen and oxygen atoms in total. The van der Waals surface area contributed by atoms with E-state index in [9.17, 15) is 0 Å². The van der Waals surface area contributed by atoms with E-state index in [2.05, 4.69) is 49.4 Å². The first kappa shape index (κ1) is 13.3. The van der Waals surface area contributed by atoms with Gasteiger partial charge in [-0.1, -0.05) is 6.92 Å². The van der Waals surface area contributed by atoms with Crippen molar-refractivity contribution in [1.82, 2.24) is 10.3 Å². The molecule has 0 saturated heterocycles. The Balaban J connectivity index is 2.11. The Morgan fingerprint density at radius 1 is 1.39 bits per heavy atom. The van der Waals surface area contributed by atoms with Crippen LogP contribution in [0.1, 0.15) is 39.0 Å². The highest BCUT2D eigenvalue weighted by Crippen LogP contribution is 2.29. The average molecular weight is 264 g/mol. The van der Waals surface area contributed by atoms with Crippen molar-refractivity contribution >= 4 is 11.3 Å².